The highest BCUT2D eigenvalue weighted by molar-refractivity contribution is 5.86. The Morgan fingerprint density at radius 3 is 2.73 bits per heavy atom. The summed E-state index contributed by atoms with van der Waals surface area (Å²) in [5, 5.41) is 31.8. The second kappa shape index (κ2) is 6.82. The maximum atomic E-state index is 12.8. The highest BCUT2D eigenvalue weighted by Crippen LogP contribution is 2.47. The van der Waals surface area contributed by atoms with E-state index in [2.05, 4.69) is 0 Å². The predicted molar refractivity (Wildman–Crippen MR) is 103 cm³/mol. The third-order valence-corrected chi connectivity index (χ3v) is 4.78. The first kappa shape index (κ1) is 18.8. The summed E-state index contributed by atoms with van der Waals surface area (Å²) < 4.78 is 15.9. The zero-order valence-corrected chi connectivity index (χ0v) is 15.4. The van der Waals surface area contributed by atoms with Crippen molar-refractivity contribution in [1.82, 2.24) is 0 Å². The number of phenolic OH excluding ortho intramolecular Hbond substituents is 1. The van der Waals surface area contributed by atoms with Crippen molar-refractivity contribution < 1.29 is 23.9 Å². The van der Waals surface area contributed by atoms with Gasteiger partial charge in [0, 0.05) is 6.07 Å². The zero-order valence-electron chi connectivity index (χ0n) is 15.4. The Balaban J connectivity index is 2.09. The number of fused-ring (bicyclic) bond motifs is 3. The third-order valence-electron chi connectivity index (χ3n) is 4.78. The lowest BCUT2D eigenvalue weighted by molar-refractivity contribution is -0.385. The predicted octanol–water partition coefficient (Wildman–Crippen LogP) is 2.63. The van der Waals surface area contributed by atoms with Gasteiger partial charge in [-0.05, 0) is 23.8 Å². The number of aromatic hydroxyl groups is 1. The van der Waals surface area contributed by atoms with E-state index in [1.807, 2.05) is 6.07 Å². The van der Waals surface area contributed by atoms with Crippen LogP contribution in [0.2, 0.25) is 0 Å². The molecule has 3 aromatic rings. The van der Waals surface area contributed by atoms with Gasteiger partial charge in [0.15, 0.2) is 11.5 Å². The zero-order chi connectivity index (χ0) is 21.6. The van der Waals surface area contributed by atoms with Gasteiger partial charge in [-0.2, -0.15) is 5.26 Å². The van der Waals surface area contributed by atoms with Gasteiger partial charge in [0.2, 0.25) is 11.6 Å². The lowest BCUT2D eigenvalue weighted by Crippen LogP contribution is -2.26. The molecule has 0 bridgehead atoms. The van der Waals surface area contributed by atoms with Crippen molar-refractivity contribution in [1.29, 1.82) is 5.26 Å². The van der Waals surface area contributed by atoms with Crippen LogP contribution in [-0.2, 0) is 0 Å². The number of ether oxygens (including phenoxy) is 2. The van der Waals surface area contributed by atoms with E-state index in [4.69, 9.17) is 19.6 Å². The van der Waals surface area contributed by atoms with E-state index in [1.54, 1.807) is 24.3 Å². The lowest BCUT2D eigenvalue weighted by Gasteiger charge is -2.26. The molecule has 2 heterocycles. The van der Waals surface area contributed by atoms with E-state index in [-0.39, 0.29) is 39.7 Å². The molecule has 150 valence electrons. The van der Waals surface area contributed by atoms with Crippen molar-refractivity contribution in [3.05, 3.63) is 79.5 Å². The fourth-order valence-corrected chi connectivity index (χ4v) is 3.53. The molecule has 0 spiro atoms. The van der Waals surface area contributed by atoms with Crippen LogP contribution in [0.4, 0.5) is 5.69 Å². The Morgan fingerprint density at radius 2 is 2.07 bits per heavy atom. The quantitative estimate of drug-likeness (QED) is 0.377. The van der Waals surface area contributed by atoms with Crippen molar-refractivity contribution in [3.63, 3.8) is 0 Å². The Bertz CT molecular complexity index is 1350. The van der Waals surface area contributed by atoms with E-state index in [0.717, 1.165) is 6.07 Å². The van der Waals surface area contributed by atoms with Crippen LogP contribution in [-0.4, -0.2) is 17.1 Å². The van der Waals surface area contributed by atoms with E-state index in [0.29, 0.717) is 5.39 Å². The molecule has 10 heteroatoms. The average molecular weight is 407 g/mol. The number of nitro groups is 1. The van der Waals surface area contributed by atoms with Gasteiger partial charge in [-0.3, -0.25) is 10.1 Å². The molecule has 0 fully saturated rings. The molecule has 1 aromatic heterocycles. The van der Waals surface area contributed by atoms with Gasteiger partial charge in [0.05, 0.1) is 28.9 Å². The van der Waals surface area contributed by atoms with Crippen LogP contribution >= 0.6 is 0 Å². The van der Waals surface area contributed by atoms with Crippen LogP contribution in [0.5, 0.6) is 17.2 Å². The maximum Gasteiger partial charge on any atom is 0.344 e. The second-order valence-corrected chi connectivity index (χ2v) is 6.40. The summed E-state index contributed by atoms with van der Waals surface area (Å²) in [5.74, 6) is -2.21. The molecule has 30 heavy (non-hydrogen) atoms. The minimum absolute atomic E-state index is 0.0571. The second-order valence-electron chi connectivity index (χ2n) is 6.40. The Kier molecular flexibility index (Phi) is 4.28. The van der Waals surface area contributed by atoms with Crippen molar-refractivity contribution in [2.24, 2.45) is 5.73 Å². The first-order valence-corrected chi connectivity index (χ1v) is 8.56. The summed E-state index contributed by atoms with van der Waals surface area (Å²) in [5.41, 5.74) is 4.72. The van der Waals surface area contributed by atoms with Crippen LogP contribution in [0.1, 0.15) is 17.0 Å². The molecule has 1 aliphatic heterocycles. The molecule has 0 saturated carbocycles. The van der Waals surface area contributed by atoms with Gasteiger partial charge in [0.25, 0.3) is 0 Å². The molecule has 0 amide bonds. The number of allylic oxidation sites excluding steroid dienone is 1. The number of methoxy groups -OCH3 is 1. The van der Waals surface area contributed by atoms with Crippen LogP contribution in [0.3, 0.4) is 0 Å². The first-order chi connectivity index (χ1) is 14.4. The molecule has 10 nitrogen and oxygen atoms in total. The SMILES string of the molecule is COc1c(O)cc([C@H]2C(C#N)=C(N)Oc3c2c(=O)oc2ccccc32)cc1[N+](=O)[O-]. The number of phenols is 1. The molecular weight excluding hydrogens is 394 g/mol. The normalized spacial score (nSPS) is 15.3. The number of rotatable bonds is 3. The summed E-state index contributed by atoms with van der Waals surface area (Å²) in [4.78, 5) is 23.5. The van der Waals surface area contributed by atoms with Crippen LogP contribution in [0, 0.1) is 21.4 Å². The number of hydrogen-bond donors (Lipinski definition) is 2. The van der Waals surface area contributed by atoms with Gasteiger partial charge < -0.3 is 24.7 Å². The van der Waals surface area contributed by atoms with E-state index in [9.17, 15) is 25.3 Å². The standard InChI is InChI=1S/C20H13N3O7/c1-28-18-12(23(26)27)6-9(7-13(18)24)15-11(8-21)19(22)30-17-10-4-2-3-5-14(10)29-20(25)16(15)17/h2-7,15,24H,22H2,1H3/t15-/m0/s1. The van der Waals surface area contributed by atoms with E-state index >= 15 is 0 Å². The fourth-order valence-electron chi connectivity index (χ4n) is 3.53. The highest BCUT2D eigenvalue weighted by Gasteiger charge is 2.37. The molecule has 2 aromatic carbocycles. The summed E-state index contributed by atoms with van der Waals surface area (Å²) in [7, 11) is 1.17. The monoisotopic (exact) mass is 407 g/mol. The Morgan fingerprint density at radius 1 is 1.33 bits per heavy atom. The molecule has 3 N–H and O–H groups in total. The van der Waals surface area contributed by atoms with Gasteiger partial charge >= 0.3 is 11.3 Å². The summed E-state index contributed by atoms with van der Waals surface area (Å²) in [6.45, 7) is 0. The number of para-hydroxylation sites is 1. The first-order valence-electron chi connectivity index (χ1n) is 8.56. The third kappa shape index (κ3) is 2.68. The molecule has 0 radical (unpaired) electrons. The van der Waals surface area contributed by atoms with Crippen LogP contribution in [0.25, 0.3) is 11.0 Å². The number of nitro benzene ring substituents is 1. The molecule has 1 atom stereocenters. The number of nitrogens with zero attached hydrogens (tertiary/aromatic N) is 2. The smallest absolute Gasteiger partial charge is 0.344 e. The molecule has 1 aliphatic rings. The van der Waals surface area contributed by atoms with Crippen LogP contribution in [0.15, 0.2) is 57.1 Å². The number of hydrogen-bond acceptors (Lipinski definition) is 9. The minimum Gasteiger partial charge on any atom is -0.504 e. The number of nitriles is 1. The Labute approximate surface area is 168 Å². The number of benzene rings is 2. The van der Waals surface area contributed by atoms with Crippen molar-refractivity contribution in [2.75, 3.05) is 7.11 Å². The lowest BCUT2D eigenvalue weighted by atomic mass is 9.83. The molecule has 0 aliphatic carbocycles. The summed E-state index contributed by atoms with van der Waals surface area (Å²) >= 11 is 0. The molecule has 4 rings (SSSR count). The fraction of sp³-hybridized carbons (Fsp3) is 0.100. The topological polar surface area (TPSA) is 162 Å². The highest BCUT2D eigenvalue weighted by atomic mass is 16.6. The minimum atomic E-state index is -1.16. The molecule has 0 unspecified atom stereocenters. The van der Waals surface area contributed by atoms with Crippen molar-refractivity contribution in [2.45, 2.75) is 5.92 Å². The summed E-state index contributed by atoms with van der Waals surface area (Å²) in [6.07, 6.45) is 0. The van der Waals surface area contributed by atoms with Gasteiger partial charge in [0.1, 0.15) is 17.2 Å². The van der Waals surface area contributed by atoms with Gasteiger partial charge in [-0.1, -0.05) is 12.1 Å². The van der Waals surface area contributed by atoms with Crippen LogP contribution < -0.4 is 20.8 Å². The maximum absolute atomic E-state index is 12.8. The average Bonchev–Trinajstić information content (AvgIpc) is 2.72. The van der Waals surface area contributed by atoms with E-state index in [1.165, 1.54) is 13.2 Å². The molecule has 0 saturated heterocycles. The van der Waals surface area contributed by atoms with Crippen molar-refractivity contribution >= 4 is 16.7 Å². The van der Waals surface area contributed by atoms with Gasteiger partial charge in [-0.25, -0.2) is 4.79 Å². The largest absolute Gasteiger partial charge is 0.504 e. The van der Waals surface area contributed by atoms with Gasteiger partial charge in [-0.15, -0.1) is 0 Å². The number of nitrogens with two attached hydrogens (primary N) is 1. The van der Waals surface area contributed by atoms with Crippen molar-refractivity contribution in [3.8, 4) is 23.3 Å². The molecular formula is C20H13N3O7. The summed E-state index contributed by atoms with van der Waals surface area (Å²) in [6, 6.07) is 10.7. The Hall–Kier alpha value is -4.52. The van der Waals surface area contributed by atoms with E-state index < -0.39 is 27.9 Å².